The van der Waals surface area contributed by atoms with Crippen molar-refractivity contribution in [1.29, 1.82) is 0 Å². The summed E-state index contributed by atoms with van der Waals surface area (Å²) in [6, 6.07) is 7.43. The van der Waals surface area contributed by atoms with E-state index in [2.05, 4.69) is 4.72 Å². The second kappa shape index (κ2) is 7.13. The van der Waals surface area contributed by atoms with Gasteiger partial charge in [-0.2, -0.15) is 11.3 Å². The third-order valence-corrected chi connectivity index (χ3v) is 6.41. The van der Waals surface area contributed by atoms with Gasteiger partial charge in [-0.1, -0.05) is 6.07 Å². The molecule has 1 aromatic carbocycles. The normalized spacial score (nSPS) is 16.0. The molecule has 0 bridgehead atoms. The molecule has 1 atom stereocenters. The molecule has 2 aromatic rings. The van der Waals surface area contributed by atoms with Gasteiger partial charge in [-0.05, 0) is 71.3 Å². The fraction of sp³-hybridized carbons (Fsp3) is 0.412. The van der Waals surface area contributed by atoms with Crippen LogP contribution in [0.1, 0.15) is 35.6 Å². The summed E-state index contributed by atoms with van der Waals surface area (Å²) in [6.07, 6.45) is 4.07. The van der Waals surface area contributed by atoms with Crippen LogP contribution in [-0.4, -0.2) is 22.1 Å². The lowest BCUT2D eigenvalue weighted by Crippen LogP contribution is -2.29. The Hall–Kier alpha value is -1.21. The number of rotatable bonds is 6. The van der Waals surface area contributed by atoms with Crippen LogP contribution in [0.3, 0.4) is 0 Å². The van der Waals surface area contributed by atoms with Gasteiger partial charge in [0.2, 0.25) is 10.0 Å². The van der Waals surface area contributed by atoms with Crippen LogP contribution in [0.4, 0.5) is 0 Å². The zero-order valence-corrected chi connectivity index (χ0v) is 14.8. The molecule has 0 spiro atoms. The number of aryl methyl sites for hydroxylation is 2. The molecule has 0 aliphatic heterocycles. The van der Waals surface area contributed by atoms with Crippen LogP contribution in [0.5, 0.6) is 0 Å². The van der Waals surface area contributed by atoms with Crippen molar-refractivity contribution in [2.24, 2.45) is 0 Å². The van der Waals surface area contributed by atoms with E-state index < -0.39 is 10.0 Å². The molecule has 1 aliphatic rings. The van der Waals surface area contributed by atoms with E-state index in [0.717, 1.165) is 24.8 Å². The Morgan fingerprint density at radius 1 is 1.22 bits per heavy atom. The standard InChI is InChI=1S/C17H21NO3S2/c1-21-17(15-8-9-22-12-15)11-18-23(19,20)16-7-6-13-4-2-3-5-14(13)10-16/h6-10,12,17-18H,2-5,11H2,1H3. The van der Waals surface area contributed by atoms with Crippen LogP contribution in [0.25, 0.3) is 0 Å². The molecule has 0 fully saturated rings. The third-order valence-electron chi connectivity index (χ3n) is 4.29. The Labute approximate surface area is 141 Å². The number of thiophene rings is 1. The number of hydrogen-bond acceptors (Lipinski definition) is 4. The first-order valence-corrected chi connectivity index (χ1v) is 10.2. The van der Waals surface area contributed by atoms with Crippen molar-refractivity contribution in [1.82, 2.24) is 4.72 Å². The Balaban J connectivity index is 1.74. The number of ether oxygens (including phenoxy) is 1. The van der Waals surface area contributed by atoms with E-state index in [-0.39, 0.29) is 12.6 Å². The quantitative estimate of drug-likeness (QED) is 0.869. The monoisotopic (exact) mass is 351 g/mol. The SMILES string of the molecule is COC(CNS(=O)(=O)c1ccc2c(c1)CCCC2)c1ccsc1. The van der Waals surface area contributed by atoms with E-state index in [1.54, 1.807) is 24.5 Å². The molecule has 1 heterocycles. The smallest absolute Gasteiger partial charge is 0.240 e. The highest BCUT2D eigenvalue weighted by atomic mass is 32.2. The Kier molecular flexibility index (Phi) is 5.16. The lowest BCUT2D eigenvalue weighted by Gasteiger charge is -2.18. The summed E-state index contributed by atoms with van der Waals surface area (Å²) in [5.74, 6) is 0. The van der Waals surface area contributed by atoms with Gasteiger partial charge in [-0.15, -0.1) is 0 Å². The molecule has 6 heteroatoms. The van der Waals surface area contributed by atoms with Gasteiger partial charge >= 0.3 is 0 Å². The predicted octanol–water partition coefficient (Wildman–Crippen LogP) is 3.29. The van der Waals surface area contributed by atoms with Gasteiger partial charge in [0.1, 0.15) is 0 Å². The largest absolute Gasteiger partial charge is 0.375 e. The summed E-state index contributed by atoms with van der Waals surface area (Å²) < 4.78 is 33.2. The average molecular weight is 351 g/mol. The summed E-state index contributed by atoms with van der Waals surface area (Å²) in [7, 11) is -1.92. The van der Waals surface area contributed by atoms with Crippen LogP contribution in [0.15, 0.2) is 39.9 Å². The second-order valence-electron chi connectivity index (χ2n) is 5.77. The second-order valence-corrected chi connectivity index (χ2v) is 8.32. The van der Waals surface area contributed by atoms with Gasteiger partial charge in [-0.3, -0.25) is 0 Å². The molecule has 3 rings (SSSR count). The minimum atomic E-state index is -3.52. The van der Waals surface area contributed by atoms with E-state index >= 15 is 0 Å². The van der Waals surface area contributed by atoms with Crippen molar-refractivity contribution in [2.45, 2.75) is 36.7 Å². The molecular weight excluding hydrogens is 330 g/mol. The fourth-order valence-electron chi connectivity index (χ4n) is 2.94. The highest BCUT2D eigenvalue weighted by molar-refractivity contribution is 7.89. The van der Waals surface area contributed by atoms with Crippen molar-refractivity contribution in [3.8, 4) is 0 Å². The van der Waals surface area contributed by atoms with Gasteiger partial charge in [0.05, 0.1) is 11.0 Å². The number of benzene rings is 1. The number of nitrogens with one attached hydrogen (secondary N) is 1. The molecule has 1 aliphatic carbocycles. The molecule has 1 unspecified atom stereocenters. The average Bonchev–Trinajstić information content (AvgIpc) is 3.09. The van der Waals surface area contributed by atoms with E-state index in [1.165, 1.54) is 17.5 Å². The highest BCUT2D eigenvalue weighted by Crippen LogP contribution is 2.24. The van der Waals surface area contributed by atoms with Gasteiger partial charge in [-0.25, -0.2) is 13.1 Å². The van der Waals surface area contributed by atoms with Crippen LogP contribution in [0, 0.1) is 0 Å². The first-order valence-electron chi connectivity index (χ1n) is 7.76. The summed E-state index contributed by atoms with van der Waals surface area (Å²) in [5, 5.41) is 3.93. The number of fused-ring (bicyclic) bond motifs is 1. The maximum absolute atomic E-state index is 12.5. The lowest BCUT2D eigenvalue weighted by atomic mass is 9.92. The summed E-state index contributed by atoms with van der Waals surface area (Å²) >= 11 is 1.57. The number of methoxy groups -OCH3 is 1. The van der Waals surface area contributed by atoms with Crippen LogP contribution in [-0.2, 0) is 27.6 Å². The Morgan fingerprint density at radius 3 is 2.70 bits per heavy atom. The Bertz CT molecular complexity index is 754. The molecule has 1 N–H and O–H groups in total. The fourth-order valence-corrected chi connectivity index (χ4v) is 4.72. The molecule has 0 saturated heterocycles. The van der Waals surface area contributed by atoms with Gasteiger partial charge in [0, 0.05) is 13.7 Å². The Morgan fingerprint density at radius 2 is 2.00 bits per heavy atom. The van der Waals surface area contributed by atoms with Crippen LogP contribution < -0.4 is 4.72 Å². The van der Waals surface area contributed by atoms with E-state index in [0.29, 0.717) is 4.90 Å². The van der Waals surface area contributed by atoms with Gasteiger partial charge < -0.3 is 4.74 Å². The first kappa shape index (κ1) is 16.6. The van der Waals surface area contributed by atoms with Gasteiger partial charge in [0.25, 0.3) is 0 Å². The lowest BCUT2D eigenvalue weighted by molar-refractivity contribution is 0.107. The van der Waals surface area contributed by atoms with Crippen molar-refractivity contribution in [3.05, 3.63) is 51.7 Å². The van der Waals surface area contributed by atoms with Crippen LogP contribution in [0.2, 0.25) is 0 Å². The number of sulfonamides is 1. The highest BCUT2D eigenvalue weighted by Gasteiger charge is 2.20. The third kappa shape index (κ3) is 3.83. The number of hydrogen-bond donors (Lipinski definition) is 1. The minimum Gasteiger partial charge on any atom is -0.375 e. The zero-order chi connectivity index (χ0) is 16.3. The molecule has 0 amide bonds. The summed E-state index contributed by atoms with van der Waals surface area (Å²) in [6.45, 7) is 0.229. The molecular formula is C17H21NO3S2. The summed E-state index contributed by atoms with van der Waals surface area (Å²) in [4.78, 5) is 0.346. The maximum atomic E-state index is 12.5. The molecule has 4 nitrogen and oxygen atoms in total. The van der Waals surface area contributed by atoms with Crippen LogP contribution >= 0.6 is 11.3 Å². The molecule has 23 heavy (non-hydrogen) atoms. The first-order chi connectivity index (χ1) is 11.1. The van der Waals surface area contributed by atoms with Crippen molar-refractivity contribution in [2.75, 3.05) is 13.7 Å². The molecule has 124 valence electrons. The van der Waals surface area contributed by atoms with Crippen molar-refractivity contribution < 1.29 is 13.2 Å². The topological polar surface area (TPSA) is 55.4 Å². The summed E-state index contributed by atoms with van der Waals surface area (Å²) in [5.41, 5.74) is 3.44. The minimum absolute atomic E-state index is 0.229. The van der Waals surface area contributed by atoms with E-state index in [4.69, 9.17) is 4.74 Å². The molecule has 0 saturated carbocycles. The maximum Gasteiger partial charge on any atom is 0.240 e. The molecule has 0 radical (unpaired) electrons. The zero-order valence-electron chi connectivity index (χ0n) is 13.1. The van der Waals surface area contributed by atoms with Crippen molar-refractivity contribution in [3.63, 3.8) is 0 Å². The molecule has 1 aromatic heterocycles. The van der Waals surface area contributed by atoms with Gasteiger partial charge in [0.15, 0.2) is 0 Å². The van der Waals surface area contributed by atoms with Crippen molar-refractivity contribution >= 4 is 21.4 Å². The van der Waals surface area contributed by atoms with E-state index in [9.17, 15) is 8.42 Å². The predicted molar refractivity (Wildman–Crippen MR) is 92.3 cm³/mol. The van der Waals surface area contributed by atoms with E-state index in [1.807, 2.05) is 29.0 Å².